The van der Waals surface area contributed by atoms with Crippen molar-refractivity contribution in [3.63, 3.8) is 0 Å². The first-order chi connectivity index (χ1) is 17.6. The van der Waals surface area contributed by atoms with Gasteiger partial charge in [0.15, 0.2) is 0 Å². The van der Waals surface area contributed by atoms with Gasteiger partial charge >= 0.3 is 0 Å². The molecular weight excluding hydrogens is 446 g/mol. The van der Waals surface area contributed by atoms with Crippen LogP contribution in [-0.4, -0.2) is 22.0 Å². The zero-order valence-corrected chi connectivity index (χ0v) is 19.6. The lowest BCUT2D eigenvalue weighted by molar-refractivity contribution is -0.114. The molecule has 5 heteroatoms. The Morgan fingerprint density at radius 3 is 2.58 bits per heavy atom. The van der Waals surface area contributed by atoms with E-state index in [-0.39, 0.29) is 11.5 Å². The Morgan fingerprint density at radius 1 is 0.917 bits per heavy atom. The van der Waals surface area contributed by atoms with Crippen LogP contribution in [0.25, 0.3) is 39.6 Å². The van der Waals surface area contributed by atoms with Crippen molar-refractivity contribution in [2.75, 3.05) is 11.4 Å². The molecule has 0 unspecified atom stereocenters. The first-order valence-corrected chi connectivity index (χ1v) is 11.9. The molecule has 0 radical (unpaired) electrons. The first kappa shape index (κ1) is 21.7. The highest BCUT2D eigenvalue weighted by Gasteiger charge is 2.24. The number of rotatable bonds is 4. The lowest BCUT2D eigenvalue weighted by Crippen LogP contribution is -2.27. The molecule has 0 saturated carbocycles. The van der Waals surface area contributed by atoms with Crippen molar-refractivity contribution in [2.24, 2.45) is 0 Å². The standard InChI is InChI=1S/C31H23N3O2/c1-2-29(35)33-17-16-23-11-13-25(19-28(23)33)34-30(36)15-12-24-20-32-27-14-10-22(18-26(27)31(24)34)9-8-21-6-4-3-5-7-21/h2-15,18-20H,1,16-17H2/b9-8+. The van der Waals surface area contributed by atoms with Gasteiger partial charge in [-0.25, -0.2) is 0 Å². The lowest BCUT2D eigenvalue weighted by Gasteiger charge is -2.18. The van der Waals surface area contributed by atoms with Gasteiger partial charge in [-0.1, -0.05) is 61.2 Å². The molecule has 0 spiro atoms. The van der Waals surface area contributed by atoms with E-state index in [1.807, 2.05) is 54.6 Å². The Balaban J connectivity index is 1.55. The van der Waals surface area contributed by atoms with Crippen LogP contribution in [0.4, 0.5) is 5.69 Å². The van der Waals surface area contributed by atoms with Crippen molar-refractivity contribution in [1.82, 2.24) is 9.55 Å². The Bertz CT molecular complexity index is 1750. The molecule has 0 bridgehead atoms. The molecule has 6 rings (SSSR count). The van der Waals surface area contributed by atoms with Crippen LogP contribution >= 0.6 is 0 Å². The van der Waals surface area contributed by atoms with Gasteiger partial charge in [0.25, 0.3) is 5.56 Å². The highest BCUT2D eigenvalue weighted by molar-refractivity contribution is 6.05. The zero-order chi connectivity index (χ0) is 24.6. The predicted octanol–water partition coefficient (Wildman–Crippen LogP) is 5.78. The molecule has 0 saturated heterocycles. The predicted molar refractivity (Wildman–Crippen MR) is 146 cm³/mol. The third kappa shape index (κ3) is 3.71. The van der Waals surface area contributed by atoms with E-state index in [2.05, 4.69) is 41.9 Å². The van der Waals surface area contributed by atoms with Crippen molar-refractivity contribution >= 4 is 45.6 Å². The van der Waals surface area contributed by atoms with Crippen LogP contribution in [0.3, 0.4) is 0 Å². The van der Waals surface area contributed by atoms with Crippen LogP contribution in [0.2, 0.25) is 0 Å². The number of fused-ring (bicyclic) bond motifs is 4. The number of carbonyl (C=O) groups is 1. The Morgan fingerprint density at radius 2 is 1.75 bits per heavy atom. The Labute approximate surface area is 208 Å². The second-order valence-electron chi connectivity index (χ2n) is 8.85. The summed E-state index contributed by atoms with van der Waals surface area (Å²) in [4.78, 5) is 32.0. The maximum atomic E-state index is 13.3. The summed E-state index contributed by atoms with van der Waals surface area (Å²) in [6.07, 6.45) is 8.04. The highest BCUT2D eigenvalue weighted by atomic mass is 16.2. The van der Waals surface area contributed by atoms with Crippen LogP contribution in [0, 0.1) is 0 Å². The van der Waals surface area contributed by atoms with Gasteiger partial charge in [0, 0.05) is 35.3 Å². The van der Waals surface area contributed by atoms with Gasteiger partial charge in [-0.3, -0.25) is 19.1 Å². The topological polar surface area (TPSA) is 55.2 Å². The maximum Gasteiger partial charge on any atom is 0.255 e. The van der Waals surface area contributed by atoms with E-state index in [0.717, 1.165) is 50.6 Å². The van der Waals surface area contributed by atoms with Gasteiger partial charge in [0.1, 0.15) is 0 Å². The number of benzene rings is 3. The zero-order valence-electron chi connectivity index (χ0n) is 19.6. The monoisotopic (exact) mass is 469 g/mol. The minimum absolute atomic E-state index is 0.138. The smallest absolute Gasteiger partial charge is 0.255 e. The average molecular weight is 470 g/mol. The molecule has 1 amide bonds. The van der Waals surface area contributed by atoms with Crippen LogP contribution in [0.5, 0.6) is 0 Å². The second-order valence-corrected chi connectivity index (χ2v) is 8.85. The van der Waals surface area contributed by atoms with Gasteiger partial charge < -0.3 is 4.90 Å². The summed E-state index contributed by atoms with van der Waals surface area (Å²) < 4.78 is 1.72. The number of hydrogen-bond acceptors (Lipinski definition) is 3. The van der Waals surface area contributed by atoms with Crippen LogP contribution in [0.15, 0.2) is 103 Å². The van der Waals surface area contributed by atoms with Crippen molar-refractivity contribution in [2.45, 2.75) is 6.42 Å². The summed E-state index contributed by atoms with van der Waals surface area (Å²) >= 11 is 0. The summed E-state index contributed by atoms with van der Waals surface area (Å²) in [5.41, 5.74) is 6.21. The largest absolute Gasteiger partial charge is 0.308 e. The number of anilines is 1. The van der Waals surface area contributed by atoms with E-state index in [0.29, 0.717) is 12.2 Å². The number of aromatic nitrogens is 2. The van der Waals surface area contributed by atoms with Crippen LogP contribution in [-0.2, 0) is 11.2 Å². The van der Waals surface area contributed by atoms with E-state index >= 15 is 0 Å². The SMILES string of the molecule is C=CC(=O)N1CCc2ccc(-n3c(=O)ccc4cnc5ccc(/C=C/c6ccccc6)cc5c43)cc21. The summed E-state index contributed by atoms with van der Waals surface area (Å²) in [6.45, 7) is 4.24. The lowest BCUT2D eigenvalue weighted by atomic mass is 10.1. The average Bonchev–Trinajstić information content (AvgIpc) is 3.35. The normalized spacial score (nSPS) is 12.9. The molecule has 1 aliphatic rings. The molecule has 1 aliphatic heterocycles. The van der Waals surface area contributed by atoms with E-state index in [1.165, 1.54) is 6.08 Å². The van der Waals surface area contributed by atoms with Crippen molar-refractivity contribution < 1.29 is 4.79 Å². The van der Waals surface area contributed by atoms with Crippen molar-refractivity contribution in [3.8, 4) is 5.69 Å². The quantitative estimate of drug-likeness (QED) is 0.190. The van der Waals surface area contributed by atoms with E-state index in [4.69, 9.17) is 0 Å². The third-order valence-electron chi connectivity index (χ3n) is 6.67. The summed E-state index contributed by atoms with van der Waals surface area (Å²) in [5, 5.41) is 1.76. The van der Waals surface area contributed by atoms with Gasteiger partial charge in [-0.05, 0) is 59.5 Å². The summed E-state index contributed by atoms with van der Waals surface area (Å²) in [7, 11) is 0. The molecule has 2 aromatic heterocycles. The van der Waals surface area contributed by atoms with Crippen LogP contribution in [0.1, 0.15) is 16.7 Å². The molecule has 0 atom stereocenters. The van der Waals surface area contributed by atoms with Crippen LogP contribution < -0.4 is 10.5 Å². The molecule has 0 aliphatic carbocycles. The van der Waals surface area contributed by atoms with Gasteiger partial charge in [-0.15, -0.1) is 0 Å². The first-order valence-electron chi connectivity index (χ1n) is 11.9. The molecule has 36 heavy (non-hydrogen) atoms. The number of amides is 1. The number of hydrogen-bond donors (Lipinski definition) is 0. The second kappa shape index (κ2) is 8.78. The summed E-state index contributed by atoms with van der Waals surface area (Å²) in [5.74, 6) is -0.138. The molecule has 0 fully saturated rings. The third-order valence-corrected chi connectivity index (χ3v) is 6.67. The van der Waals surface area contributed by atoms with E-state index in [1.54, 1.807) is 21.7 Å². The fraction of sp³-hybridized carbons (Fsp3) is 0.0645. The minimum Gasteiger partial charge on any atom is -0.308 e. The molecule has 5 nitrogen and oxygen atoms in total. The number of pyridine rings is 2. The molecule has 0 N–H and O–H groups in total. The Hall–Kier alpha value is -4.77. The fourth-order valence-electron chi connectivity index (χ4n) is 4.89. The van der Waals surface area contributed by atoms with Crippen molar-refractivity contribution in [1.29, 1.82) is 0 Å². The van der Waals surface area contributed by atoms with Gasteiger partial charge in [0.05, 0.1) is 16.7 Å². The molecule has 174 valence electrons. The molecule has 5 aromatic rings. The van der Waals surface area contributed by atoms with Crippen molar-refractivity contribution in [3.05, 3.63) is 125 Å². The Kier molecular flexibility index (Phi) is 5.30. The van der Waals surface area contributed by atoms with E-state index < -0.39 is 0 Å². The minimum atomic E-state index is -0.139. The maximum absolute atomic E-state index is 13.3. The molecule has 3 heterocycles. The fourth-order valence-corrected chi connectivity index (χ4v) is 4.89. The highest BCUT2D eigenvalue weighted by Crippen LogP contribution is 2.32. The number of carbonyl (C=O) groups excluding carboxylic acids is 1. The molecular formula is C31H23N3O2. The van der Waals surface area contributed by atoms with Gasteiger partial charge in [-0.2, -0.15) is 0 Å². The number of nitrogens with zero attached hydrogens (tertiary/aromatic N) is 3. The summed E-state index contributed by atoms with van der Waals surface area (Å²) in [6, 6.07) is 25.5. The van der Waals surface area contributed by atoms with Gasteiger partial charge in [0.2, 0.25) is 5.91 Å². The molecule has 3 aromatic carbocycles. The van der Waals surface area contributed by atoms with E-state index in [9.17, 15) is 9.59 Å².